The van der Waals surface area contributed by atoms with E-state index in [1.54, 1.807) is 13.8 Å². The number of aromatic hydroxyl groups is 3. The van der Waals surface area contributed by atoms with Crippen LogP contribution in [-0.4, -0.2) is 44.5 Å². The normalized spacial score (nSPS) is 21.1. The number of aliphatic hydroxyl groups excluding tert-OH is 1. The number of carbonyl (C=O) groups is 1. The molecular formula is C25H28O7. The van der Waals surface area contributed by atoms with Gasteiger partial charge < -0.3 is 29.9 Å². The Balaban J connectivity index is 1.89. The van der Waals surface area contributed by atoms with Crippen LogP contribution < -0.4 is 9.47 Å². The van der Waals surface area contributed by atoms with E-state index in [1.807, 2.05) is 19.9 Å². The standard InChI is InChI=1S/C25H28O7/c1-12(2)5-7-15-21(29)20-22(30)17(14-8-6-13(26)9-18(14)27)11-31-24(20)16-10-19(28)25(3,4)32-23(15)16/h5-6,8-9,17,19,26-29H,7,10-11H2,1-4H3. The molecule has 7 nitrogen and oxygen atoms in total. The minimum Gasteiger partial charge on any atom is -0.508 e. The molecule has 2 aliphatic rings. The average Bonchev–Trinajstić information content (AvgIpc) is 2.69. The third-order valence-electron chi connectivity index (χ3n) is 6.20. The lowest BCUT2D eigenvalue weighted by atomic mass is 9.82. The number of ketones is 1. The summed E-state index contributed by atoms with van der Waals surface area (Å²) >= 11 is 0. The molecule has 32 heavy (non-hydrogen) atoms. The van der Waals surface area contributed by atoms with Gasteiger partial charge in [-0.05, 0) is 40.2 Å². The molecule has 0 spiro atoms. The van der Waals surface area contributed by atoms with Crippen LogP contribution in [0.4, 0.5) is 0 Å². The molecule has 170 valence electrons. The van der Waals surface area contributed by atoms with Crippen LogP contribution in [0, 0.1) is 0 Å². The molecule has 2 aromatic rings. The molecule has 4 N–H and O–H groups in total. The van der Waals surface area contributed by atoms with Crippen molar-refractivity contribution < 1.29 is 34.7 Å². The Kier molecular flexibility index (Phi) is 5.33. The Morgan fingerprint density at radius 1 is 1.19 bits per heavy atom. The van der Waals surface area contributed by atoms with Gasteiger partial charge in [-0.1, -0.05) is 17.7 Å². The number of allylic oxidation sites excluding steroid dienone is 2. The van der Waals surface area contributed by atoms with E-state index in [2.05, 4.69) is 0 Å². The predicted octanol–water partition coefficient (Wildman–Crippen LogP) is 3.75. The van der Waals surface area contributed by atoms with Crippen LogP contribution >= 0.6 is 0 Å². The third-order valence-corrected chi connectivity index (χ3v) is 6.20. The smallest absolute Gasteiger partial charge is 0.181 e. The van der Waals surface area contributed by atoms with E-state index in [4.69, 9.17) is 9.47 Å². The maximum atomic E-state index is 13.5. The first-order chi connectivity index (χ1) is 15.0. The van der Waals surface area contributed by atoms with Gasteiger partial charge in [0.15, 0.2) is 5.78 Å². The molecule has 0 radical (unpaired) electrons. The average molecular weight is 440 g/mol. The molecule has 0 aromatic heterocycles. The maximum absolute atomic E-state index is 13.5. The molecule has 2 aromatic carbocycles. The van der Waals surface area contributed by atoms with Crippen LogP contribution in [0.1, 0.15) is 60.7 Å². The number of Topliss-reactive ketones (excluding diaryl/α,β-unsaturated/α-hetero) is 1. The van der Waals surface area contributed by atoms with Crippen molar-refractivity contribution in [3.8, 4) is 28.7 Å². The second-order valence-electron chi connectivity index (χ2n) is 9.22. The Morgan fingerprint density at radius 2 is 1.91 bits per heavy atom. The monoisotopic (exact) mass is 440 g/mol. The van der Waals surface area contributed by atoms with Crippen molar-refractivity contribution in [3.05, 3.63) is 52.1 Å². The lowest BCUT2D eigenvalue weighted by Gasteiger charge is -2.40. The fraction of sp³-hybridized carbons (Fsp3) is 0.400. The number of fused-ring (bicyclic) bond motifs is 3. The molecule has 2 unspecified atom stereocenters. The summed E-state index contributed by atoms with van der Waals surface area (Å²) in [6.45, 7) is 7.38. The molecule has 0 aliphatic carbocycles. The van der Waals surface area contributed by atoms with E-state index in [0.29, 0.717) is 28.9 Å². The van der Waals surface area contributed by atoms with Crippen molar-refractivity contribution in [2.75, 3.05) is 6.61 Å². The summed E-state index contributed by atoms with van der Waals surface area (Å²) in [5.41, 5.74) is 1.53. The molecule has 0 fully saturated rings. The van der Waals surface area contributed by atoms with Crippen molar-refractivity contribution in [3.63, 3.8) is 0 Å². The van der Waals surface area contributed by atoms with Gasteiger partial charge in [0.25, 0.3) is 0 Å². The number of hydrogen-bond donors (Lipinski definition) is 4. The van der Waals surface area contributed by atoms with E-state index in [0.717, 1.165) is 11.6 Å². The van der Waals surface area contributed by atoms with Crippen molar-refractivity contribution in [2.24, 2.45) is 0 Å². The van der Waals surface area contributed by atoms with E-state index in [1.165, 1.54) is 12.1 Å². The zero-order valence-corrected chi connectivity index (χ0v) is 18.6. The Labute approximate surface area is 186 Å². The van der Waals surface area contributed by atoms with E-state index >= 15 is 0 Å². The van der Waals surface area contributed by atoms with Crippen LogP contribution in [0.5, 0.6) is 28.7 Å². The zero-order chi connectivity index (χ0) is 23.4. The van der Waals surface area contributed by atoms with Gasteiger partial charge >= 0.3 is 0 Å². The van der Waals surface area contributed by atoms with Crippen LogP contribution in [0.3, 0.4) is 0 Å². The highest BCUT2D eigenvalue weighted by atomic mass is 16.5. The number of rotatable bonds is 3. The van der Waals surface area contributed by atoms with Gasteiger partial charge in [-0.3, -0.25) is 4.79 Å². The maximum Gasteiger partial charge on any atom is 0.181 e. The van der Waals surface area contributed by atoms with Gasteiger partial charge in [0.05, 0.1) is 12.0 Å². The molecule has 2 heterocycles. The number of hydrogen-bond acceptors (Lipinski definition) is 7. The number of carbonyl (C=O) groups excluding carboxylic acids is 1. The van der Waals surface area contributed by atoms with Gasteiger partial charge in [0.2, 0.25) is 0 Å². The topological polar surface area (TPSA) is 116 Å². The van der Waals surface area contributed by atoms with Crippen molar-refractivity contribution in [2.45, 2.75) is 58.2 Å². The van der Waals surface area contributed by atoms with Crippen molar-refractivity contribution in [1.82, 2.24) is 0 Å². The van der Waals surface area contributed by atoms with Gasteiger partial charge in [-0.25, -0.2) is 0 Å². The van der Waals surface area contributed by atoms with Gasteiger partial charge in [0.1, 0.15) is 46.5 Å². The minimum absolute atomic E-state index is 0.0279. The van der Waals surface area contributed by atoms with Crippen molar-refractivity contribution >= 4 is 5.78 Å². The zero-order valence-electron chi connectivity index (χ0n) is 18.6. The highest BCUT2D eigenvalue weighted by Crippen LogP contribution is 2.51. The van der Waals surface area contributed by atoms with Crippen LogP contribution in [-0.2, 0) is 12.8 Å². The molecule has 2 atom stereocenters. The molecular weight excluding hydrogens is 412 g/mol. The lowest BCUT2D eigenvalue weighted by Crippen LogP contribution is -2.47. The first-order valence-corrected chi connectivity index (χ1v) is 10.6. The van der Waals surface area contributed by atoms with Crippen LogP contribution in [0.2, 0.25) is 0 Å². The number of aliphatic hydroxyl groups is 1. The van der Waals surface area contributed by atoms with Crippen LogP contribution in [0.15, 0.2) is 29.8 Å². The highest BCUT2D eigenvalue weighted by Gasteiger charge is 2.44. The fourth-order valence-electron chi connectivity index (χ4n) is 4.24. The number of phenols is 3. The summed E-state index contributed by atoms with van der Waals surface area (Å²) in [5, 5.41) is 41.7. The lowest BCUT2D eigenvalue weighted by molar-refractivity contribution is -0.0426. The molecule has 7 heteroatoms. The summed E-state index contributed by atoms with van der Waals surface area (Å²) < 4.78 is 12.1. The summed E-state index contributed by atoms with van der Waals surface area (Å²) in [6.07, 6.45) is 1.67. The second-order valence-corrected chi connectivity index (χ2v) is 9.22. The molecule has 2 aliphatic heterocycles. The molecule has 0 amide bonds. The quantitative estimate of drug-likeness (QED) is 0.537. The summed E-state index contributed by atoms with van der Waals surface area (Å²) in [6, 6.07) is 4.02. The fourth-order valence-corrected chi connectivity index (χ4v) is 4.24. The van der Waals surface area contributed by atoms with Crippen LogP contribution in [0.25, 0.3) is 0 Å². The summed E-state index contributed by atoms with van der Waals surface area (Å²) in [4.78, 5) is 13.5. The number of phenolic OH excluding ortho intramolecular Hbond substituents is 3. The Hall–Kier alpha value is -3.19. The predicted molar refractivity (Wildman–Crippen MR) is 118 cm³/mol. The Morgan fingerprint density at radius 3 is 2.56 bits per heavy atom. The van der Waals surface area contributed by atoms with E-state index in [9.17, 15) is 25.2 Å². The first kappa shape index (κ1) is 22.0. The highest BCUT2D eigenvalue weighted by molar-refractivity contribution is 6.08. The van der Waals surface area contributed by atoms with Gasteiger partial charge in [0, 0.05) is 29.2 Å². The molecule has 0 saturated heterocycles. The molecule has 0 bridgehead atoms. The third kappa shape index (κ3) is 3.56. The Bertz CT molecular complexity index is 1130. The SMILES string of the molecule is CC(C)=CCc1c(O)c2c(c3c1OC(C)(C)C(O)C3)OCC(c1ccc(O)cc1O)C2=O. The summed E-state index contributed by atoms with van der Waals surface area (Å²) in [5.74, 6) is -1.15. The molecule has 0 saturated carbocycles. The largest absolute Gasteiger partial charge is 0.508 e. The van der Waals surface area contributed by atoms with Crippen molar-refractivity contribution in [1.29, 1.82) is 0 Å². The van der Waals surface area contributed by atoms with Gasteiger partial charge in [-0.2, -0.15) is 0 Å². The minimum atomic E-state index is -0.869. The number of ether oxygens (including phenoxy) is 2. The first-order valence-electron chi connectivity index (χ1n) is 10.6. The van der Waals surface area contributed by atoms with Gasteiger partial charge in [-0.15, -0.1) is 0 Å². The molecule has 4 rings (SSSR count). The summed E-state index contributed by atoms with van der Waals surface area (Å²) in [7, 11) is 0. The number of benzene rings is 2. The second kappa shape index (κ2) is 7.74. The van der Waals surface area contributed by atoms with E-state index < -0.39 is 23.4 Å². The van der Waals surface area contributed by atoms with E-state index in [-0.39, 0.29) is 41.6 Å².